The van der Waals surface area contributed by atoms with Crippen molar-refractivity contribution < 1.29 is 10.0 Å². The second kappa shape index (κ2) is 5.54. The van der Waals surface area contributed by atoms with Crippen molar-refractivity contribution in [3.05, 3.63) is 33.9 Å². The van der Waals surface area contributed by atoms with Crippen LogP contribution in [0, 0.1) is 16.0 Å². The molecule has 2 atom stereocenters. The number of nitrogens with two attached hydrogens (primary N) is 1. The third-order valence-corrected chi connectivity index (χ3v) is 3.72. The Balaban J connectivity index is 2.07. The van der Waals surface area contributed by atoms with Crippen molar-refractivity contribution in [2.45, 2.75) is 26.0 Å². The summed E-state index contributed by atoms with van der Waals surface area (Å²) in [7, 11) is 0. The number of likely N-dealkylation sites (tertiary alicyclic amines) is 1. The fourth-order valence-electron chi connectivity index (χ4n) is 2.48. The predicted octanol–water partition coefficient (Wildman–Crippen LogP) is 1.38. The Hall–Kier alpha value is -1.66. The van der Waals surface area contributed by atoms with Gasteiger partial charge in [-0.05, 0) is 37.4 Å². The summed E-state index contributed by atoms with van der Waals surface area (Å²) < 4.78 is 0. The number of non-ortho nitro benzene ring substituents is 1. The molecule has 0 aromatic heterocycles. The van der Waals surface area contributed by atoms with E-state index in [0.29, 0.717) is 12.2 Å². The molecule has 1 aromatic rings. The van der Waals surface area contributed by atoms with Crippen LogP contribution < -0.4 is 5.73 Å². The van der Waals surface area contributed by atoms with E-state index in [1.165, 1.54) is 12.1 Å². The lowest BCUT2D eigenvalue weighted by Crippen LogP contribution is -2.24. The minimum absolute atomic E-state index is 0.0653. The third kappa shape index (κ3) is 3.21. The van der Waals surface area contributed by atoms with Gasteiger partial charge in [-0.25, -0.2) is 0 Å². The Kier molecular flexibility index (Phi) is 4.01. The number of hydrogen-bond acceptors (Lipinski definition) is 5. The summed E-state index contributed by atoms with van der Waals surface area (Å²) in [6.07, 6.45) is 0.638. The van der Waals surface area contributed by atoms with Crippen LogP contribution in [0.15, 0.2) is 18.2 Å². The van der Waals surface area contributed by atoms with Gasteiger partial charge in [0.1, 0.15) is 0 Å². The molecule has 0 spiro atoms. The highest BCUT2D eigenvalue weighted by molar-refractivity contribution is 5.52. The molecule has 1 saturated heterocycles. The molecule has 1 heterocycles. The van der Waals surface area contributed by atoms with Crippen LogP contribution in [0.3, 0.4) is 0 Å². The fraction of sp³-hybridized carbons (Fsp3) is 0.538. The molecule has 0 saturated carbocycles. The van der Waals surface area contributed by atoms with Gasteiger partial charge in [0.15, 0.2) is 0 Å². The molecule has 2 unspecified atom stereocenters. The molecule has 0 amide bonds. The molecule has 0 aliphatic carbocycles. The highest BCUT2D eigenvalue weighted by atomic mass is 16.6. The SMILES string of the molecule is CC(O)C1CCN(Cc2cc([N+](=O)[O-])ccc2N)C1. The number of nitrogens with zero attached hydrogens (tertiary/aromatic N) is 2. The van der Waals surface area contributed by atoms with Gasteiger partial charge in [0.05, 0.1) is 11.0 Å². The Morgan fingerprint density at radius 1 is 1.63 bits per heavy atom. The van der Waals surface area contributed by atoms with E-state index in [4.69, 9.17) is 5.73 Å². The van der Waals surface area contributed by atoms with Gasteiger partial charge in [0, 0.05) is 30.9 Å². The number of aliphatic hydroxyl groups excluding tert-OH is 1. The van der Waals surface area contributed by atoms with Gasteiger partial charge in [-0.1, -0.05) is 0 Å². The van der Waals surface area contributed by atoms with E-state index in [1.54, 1.807) is 13.0 Å². The lowest BCUT2D eigenvalue weighted by Gasteiger charge is -2.18. The predicted molar refractivity (Wildman–Crippen MR) is 72.6 cm³/mol. The first kappa shape index (κ1) is 13.8. The van der Waals surface area contributed by atoms with Crippen molar-refractivity contribution >= 4 is 11.4 Å². The smallest absolute Gasteiger partial charge is 0.269 e. The molecule has 1 aromatic carbocycles. The Morgan fingerprint density at radius 2 is 2.37 bits per heavy atom. The number of nitro benzene ring substituents is 1. The number of aliphatic hydroxyl groups is 1. The Morgan fingerprint density at radius 3 is 2.95 bits per heavy atom. The zero-order valence-corrected chi connectivity index (χ0v) is 11.0. The lowest BCUT2D eigenvalue weighted by atomic mass is 10.0. The van der Waals surface area contributed by atoms with E-state index >= 15 is 0 Å². The van der Waals surface area contributed by atoms with Crippen LogP contribution in [0.25, 0.3) is 0 Å². The average Bonchev–Trinajstić information content (AvgIpc) is 2.80. The third-order valence-electron chi connectivity index (χ3n) is 3.72. The second-order valence-electron chi connectivity index (χ2n) is 5.16. The molecule has 6 nitrogen and oxygen atoms in total. The van der Waals surface area contributed by atoms with E-state index in [0.717, 1.165) is 25.1 Å². The summed E-state index contributed by atoms with van der Waals surface area (Å²) in [5, 5.41) is 20.3. The van der Waals surface area contributed by atoms with Crippen LogP contribution in [0.2, 0.25) is 0 Å². The van der Waals surface area contributed by atoms with Crippen LogP contribution >= 0.6 is 0 Å². The molecule has 0 bridgehead atoms. The van der Waals surface area contributed by atoms with E-state index in [-0.39, 0.29) is 17.7 Å². The number of nitro groups is 1. The number of hydrogen-bond donors (Lipinski definition) is 2. The van der Waals surface area contributed by atoms with Crippen LogP contribution in [-0.2, 0) is 6.54 Å². The van der Waals surface area contributed by atoms with Crippen LogP contribution in [-0.4, -0.2) is 34.1 Å². The molecule has 1 aliphatic rings. The normalized spacial score (nSPS) is 21.5. The van der Waals surface area contributed by atoms with E-state index in [2.05, 4.69) is 4.90 Å². The lowest BCUT2D eigenvalue weighted by molar-refractivity contribution is -0.384. The van der Waals surface area contributed by atoms with Crippen molar-refractivity contribution in [2.24, 2.45) is 5.92 Å². The minimum atomic E-state index is -0.411. The van der Waals surface area contributed by atoms with E-state index < -0.39 is 4.92 Å². The number of benzene rings is 1. The largest absolute Gasteiger partial charge is 0.398 e. The van der Waals surface area contributed by atoms with Gasteiger partial charge in [-0.3, -0.25) is 15.0 Å². The van der Waals surface area contributed by atoms with Gasteiger partial charge >= 0.3 is 0 Å². The van der Waals surface area contributed by atoms with Crippen molar-refractivity contribution in [1.29, 1.82) is 0 Å². The van der Waals surface area contributed by atoms with Gasteiger partial charge < -0.3 is 10.8 Å². The topological polar surface area (TPSA) is 92.6 Å². The highest BCUT2D eigenvalue weighted by Gasteiger charge is 2.26. The fourth-order valence-corrected chi connectivity index (χ4v) is 2.48. The highest BCUT2D eigenvalue weighted by Crippen LogP contribution is 2.25. The zero-order chi connectivity index (χ0) is 14.0. The van der Waals surface area contributed by atoms with Crippen molar-refractivity contribution in [1.82, 2.24) is 4.90 Å². The molecule has 1 aliphatic heterocycles. The molecule has 6 heteroatoms. The van der Waals surface area contributed by atoms with E-state index in [9.17, 15) is 15.2 Å². The van der Waals surface area contributed by atoms with Crippen LogP contribution in [0.5, 0.6) is 0 Å². The van der Waals surface area contributed by atoms with Crippen molar-refractivity contribution in [3.63, 3.8) is 0 Å². The van der Waals surface area contributed by atoms with Crippen molar-refractivity contribution in [2.75, 3.05) is 18.8 Å². The number of rotatable bonds is 4. The van der Waals surface area contributed by atoms with Gasteiger partial charge in [-0.2, -0.15) is 0 Å². The maximum Gasteiger partial charge on any atom is 0.269 e. The standard InChI is InChI=1S/C13H19N3O3/c1-9(17)10-4-5-15(7-10)8-11-6-12(16(18)19)2-3-13(11)14/h2-3,6,9-10,17H,4-5,7-8,14H2,1H3. The first-order valence-electron chi connectivity index (χ1n) is 6.40. The molecular weight excluding hydrogens is 246 g/mol. The molecule has 3 N–H and O–H groups in total. The minimum Gasteiger partial charge on any atom is -0.398 e. The van der Waals surface area contributed by atoms with Gasteiger partial charge in [0.2, 0.25) is 0 Å². The summed E-state index contributed by atoms with van der Waals surface area (Å²) in [5.41, 5.74) is 7.28. The summed E-state index contributed by atoms with van der Waals surface area (Å²) >= 11 is 0. The quantitative estimate of drug-likeness (QED) is 0.487. The Bertz CT molecular complexity index is 476. The molecule has 1 fully saturated rings. The number of anilines is 1. The maximum absolute atomic E-state index is 10.8. The molecule has 104 valence electrons. The van der Waals surface area contributed by atoms with Crippen LogP contribution in [0.4, 0.5) is 11.4 Å². The van der Waals surface area contributed by atoms with Gasteiger partial charge in [-0.15, -0.1) is 0 Å². The first-order chi connectivity index (χ1) is 8.97. The van der Waals surface area contributed by atoms with E-state index in [1.807, 2.05) is 0 Å². The molecule has 2 rings (SSSR count). The van der Waals surface area contributed by atoms with Crippen LogP contribution in [0.1, 0.15) is 18.9 Å². The second-order valence-corrected chi connectivity index (χ2v) is 5.16. The summed E-state index contributed by atoms with van der Waals surface area (Å²) in [4.78, 5) is 12.5. The average molecular weight is 265 g/mol. The molecule has 19 heavy (non-hydrogen) atoms. The van der Waals surface area contributed by atoms with Crippen molar-refractivity contribution in [3.8, 4) is 0 Å². The number of nitrogen functional groups attached to an aromatic ring is 1. The summed E-state index contributed by atoms with van der Waals surface area (Å²) in [6.45, 7) is 4.09. The molecule has 0 radical (unpaired) electrons. The summed E-state index contributed by atoms with van der Waals surface area (Å²) in [5.74, 6) is 0.278. The molecular formula is C13H19N3O3. The zero-order valence-electron chi connectivity index (χ0n) is 11.0. The summed E-state index contributed by atoms with van der Waals surface area (Å²) in [6, 6.07) is 4.53. The maximum atomic E-state index is 10.8. The van der Waals surface area contributed by atoms with Gasteiger partial charge in [0.25, 0.3) is 5.69 Å². The Labute approximate surface area is 112 Å². The first-order valence-corrected chi connectivity index (χ1v) is 6.40. The monoisotopic (exact) mass is 265 g/mol.